The smallest absolute Gasteiger partial charge is 0.236 e. The van der Waals surface area contributed by atoms with E-state index < -0.39 is 0 Å². The number of likely N-dealkylation sites (N-methyl/N-ethyl adjacent to an activating group) is 1. The maximum Gasteiger partial charge on any atom is 0.236 e. The van der Waals surface area contributed by atoms with Crippen LogP contribution in [0.4, 0.5) is 0 Å². The van der Waals surface area contributed by atoms with Crippen LogP contribution >= 0.6 is 0 Å². The number of nitrogens with zero attached hydrogens (tertiary/aromatic N) is 4. The highest BCUT2D eigenvalue weighted by Gasteiger charge is 2.27. The lowest BCUT2D eigenvalue weighted by molar-refractivity contribution is -0.132. The highest BCUT2D eigenvalue weighted by Crippen LogP contribution is 2.19. The summed E-state index contributed by atoms with van der Waals surface area (Å²) >= 11 is 0. The third-order valence-electron chi connectivity index (χ3n) is 4.40. The van der Waals surface area contributed by atoms with Gasteiger partial charge < -0.3 is 9.32 Å². The molecule has 0 bridgehead atoms. The van der Waals surface area contributed by atoms with Gasteiger partial charge in [-0.05, 0) is 44.0 Å². The predicted molar refractivity (Wildman–Crippen MR) is 86.7 cm³/mol. The highest BCUT2D eigenvalue weighted by molar-refractivity contribution is 5.78. The lowest BCUT2D eigenvalue weighted by atomic mass is 10.2. The molecule has 124 valence electrons. The Balaban J connectivity index is 1.54. The number of hydrogen-bond acceptors (Lipinski definition) is 4. The molecule has 0 spiro atoms. The highest BCUT2D eigenvalue weighted by atomic mass is 16.3. The molecule has 0 unspecified atom stereocenters. The SMILES string of the molecule is Cc1cnn(C[C@@H]2CCCN2CC(=O)N(C)Cc2ccco2)c1. The fourth-order valence-corrected chi connectivity index (χ4v) is 3.11. The van der Waals surface area contributed by atoms with Gasteiger partial charge >= 0.3 is 0 Å². The van der Waals surface area contributed by atoms with Gasteiger partial charge in [0.1, 0.15) is 5.76 Å². The minimum Gasteiger partial charge on any atom is -0.467 e. The Morgan fingerprint density at radius 3 is 3.09 bits per heavy atom. The number of aromatic nitrogens is 2. The molecule has 0 N–H and O–H groups in total. The lowest BCUT2D eigenvalue weighted by Gasteiger charge is -2.26. The molecule has 0 aliphatic carbocycles. The van der Waals surface area contributed by atoms with E-state index in [0.717, 1.165) is 31.7 Å². The summed E-state index contributed by atoms with van der Waals surface area (Å²) in [6.45, 7) is 4.85. The van der Waals surface area contributed by atoms with Crippen molar-refractivity contribution in [2.75, 3.05) is 20.1 Å². The van der Waals surface area contributed by atoms with Gasteiger partial charge in [0.05, 0.1) is 32.1 Å². The second-order valence-electron chi connectivity index (χ2n) is 6.34. The van der Waals surface area contributed by atoms with Gasteiger partial charge in [-0.2, -0.15) is 5.10 Å². The first kappa shape index (κ1) is 15.8. The van der Waals surface area contributed by atoms with Crippen LogP contribution in [-0.2, 0) is 17.9 Å². The van der Waals surface area contributed by atoms with E-state index in [-0.39, 0.29) is 5.91 Å². The quantitative estimate of drug-likeness (QED) is 0.817. The molecule has 0 radical (unpaired) electrons. The lowest BCUT2D eigenvalue weighted by Crippen LogP contribution is -2.41. The maximum atomic E-state index is 12.4. The topological polar surface area (TPSA) is 54.5 Å². The fraction of sp³-hybridized carbons (Fsp3) is 0.529. The molecule has 3 rings (SSSR count). The van der Waals surface area contributed by atoms with Gasteiger partial charge in [0, 0.05) is 19.3 Å². The predicted octanol–water partition coefficient (Wildman–Crippen LogP) is 1.91. The van der Waals surface area contributed by atoms with Crippen molar-refractivity contribution in [3.63, 3.8) is 0 Å². The Kier molecular flexibility index (Phi) is 4.81. The van der Waals surface area contributed by atoms with E-state index in [1.807, 2.05) is 37.0 Å². The molecule has 1 aliphatic heterocycles. The van der Waals surface area contributed by atoms with E-state index in [1.54, 1.807) is 11.2 Å². The van der Waals surface area contributed by atoms with Crippen LogP contribution in [0.25, 0.3) is 0 Å². The van der Waals surface area contributed by atoms with Crippen molar-refractivity contribution < 1.29 is 9.21 Å². The maximum absolute atomic E-state index is 12.4. The number of likely N-dealkylation sites (tertiary alicyclic amines) is 1. The van der Waals surface area contributed by atoms with Crippen molar-refractivity contribution in [1.29, 1.82) is 0 Å². The van der Waals surface area contributed by atoms with Crippen molar-refractivity contribution >= 4 is 5.91 Å². The third-order valence-corrected chi connectivity index (χ3v) is 4.40. The van der Waals surface area contributed by atoms with Crippen molar-refractivity contribution in [3.8, 4) is 0 Å². The Bertz CT molecular complexity index is 635. The molecule has 2 aromatic rings. The summed E-state index contributed by atoms with van der Waals surface area (Å²) in [6.07, 6.45) is 7.83. The Morgan fingerprint density at radius 2 is 2.39 bits per heavy atom. The number of amides is 1. The number of hydrogen-bond donors (Lipinski definition) is 0. The van der Waals surface area contributed by atoms with Gasteiger partial charge in [-0.1, -0.05) is 0 Å². The van der Waals surface area contributed by atoms with E-state index in [1.165, 1.54) is 5.56 Å². The zero-order valence-electron chi connectivity index (χ0n) is 13.8. The molecule has 6 heteroatoms. The molecule has 3 heterocycles. The summed E-state index contributed by atoms with van der Waals surface area (Å²) in [6, 6.07) is 4.12. The average molecular weight is 316 g/mol. The van der Waals surface area contributed by atoms with Crippen LogP contribution in [0.3, 0.4) is 0 Å². The van der Waals surface area contributed by atoms with Gasteiger partial charge in [-0.3, -0.25) is 14.4 Å². The largest absolute Gasteiger partial charge is 0.467 e. The molecule has 1 fully saturated rings. The standard InChI is InChI=1S/C17H24N4O2/c1-14-9-18-21(10-14)11-15-5-3-7-20(15)13-17(22)19(2)12-16-6-4-8-23-16/h4,6,8-10,15H,3,5,7,11-13H2,1-2H3/t15-/m0/s1. The third kappa shape index (κ3) is 4.01. The van der Waals surface area contributed by atoms with Crippen LogP contribution in [0, 0.1) is 6.92 Å². The van der Waals surface area contributed by atoms with Crippen LogP contribution < -0.4 is 0 Å². The van der Waals surface area contributed by atoms with Crippen molar-refractivity contribution in [2.45, 2.75) is 38.9 Å². The summed E-state index contributed by atoms with van der Waals surface area (Å²) in [5, 5.41) is 4.36. The Morgan fingerprint density at radius 1 is 1.52 bits per heavy atom. The molecular weight excluding hydrogens is 292 g/mol. The van der Waals surface area contributed by atoms with Crippen molar-refractivity contribution in [2.24, 2.45) is 0 Å². The summed E-state index contributed by atoms with van der Waals surface area (Å²) in [7, 11) is 1.83. The fourth-order valence-electron chi connectivity index (χ4n) is 3.11. The number of aryl methyl sites for hydroxylation is 1. The van der Waals surface area contributed by atoms with Crippen LogP contribution in [0.1, 0.15) is 24.2 Å². The van der Waals surface area contributed by atoms with Crippen molar-refractivity contribution in [3.05, 3.63) is 42.1 Å². The van der Waals surface area contributed by atoms with Gasteiger partial charge in [0.2, 0.25) is 5.91 Å². The molecular formula is C17H24N4O2. The van der Waals surface area contributed by atoms with E-state index in [0.29, 0.717) is 19.1 Å². The van der Waals surface area contributed by atoms with Crippen LogP contribution in [0.15, 0.2) is 35.2 Å². The molecule has 1 aliphatic rings. The molecule has 0 aromatic carbocycles. The van der Waals surface area contributed by atoms with E-state index in [9.17, 15) is 4.79 Å². The zero-order chi connectivity index (χ0) is 16.2. The van der Waals surface area contributed by atoms with E-state index in [2.05, 4.69) is 16.2 Å². The Hall–Kier alpha value is -2.08. The summed E-state index contributed by atoms with van der Waals surface area (Å²) in [5.41, 5.74) is 1.17. The number of rotatable bonds is 6. The number of furan rings is 1. The van der Waals surface area contributed by atoms with Gasteiger partial charge in [0.15, 0.2) is 0 Å². The summed E-state index contributed by atoms with van der Waals surface area (Å²) < 4.78 is 7.29. The molecule has 23 heavy (non-hydrogen) atoms. The first-order valence-electron chi connectivity index (χ1n) is 8.11. The first-order chi connectivity index (χ1) is 11.1. The number of carbonyl (C=O) groups is 1. The van der Waals surface area contributed by atoms with Crippen LogP contribution in [0.5, 0.6) is 0 Å². The molecule has 2 aromatic heterocycles. The van der Waals surface area contributed by atoms with Gasteiger partial charge in [-0.15, -0.1) is 0 Å². The van der Waals surface area contributed by atoms with E-state index >= 15 is 0 Å². The van der Waals surface area contributed by atoms with Crippen LogP contribution in [0.2, 0.25) is 0 Å². The van der Waals surface area contributed by atoms with Crippen LogP contribution in [-0.4, -0.2) is 51.7 Å². The molecule has 6 nitrogen and oxygen atoms in total. The summed E-state index contributed by atoms with van der Waals surface area (Å²) in [5.74, 6) is 0.941. The molecule has 1 atom stereocenters. The zero-order valence-corrected chi connectivity index (χ0v) is 13.8. The molecule has 1 amide bonds. The summed E-state index contributed by atoms with van der Waals surface area (Å²) in [4.78, 5) is 16.5. The average Bonchev–Trinajstić information content (AvgIpc) is 3.24. The Labute approximate surface area is 136 Å². The minimum absolute atomic E-state index is 0.130. The minimum atomic E-state index is 0.130. The van der Waals surface area contributed by atoms with Crippen molar-refractivity contribution in [1.82, 2.24) is 19.6 Å². The first-order valence-corrected chi connectivity index (χ1v) is 8.11. The molecule has 0 saturated carbocycles. The van der Waals surface area contributed by atoms with Gasteiger partial charge in [-0.25, -0.2) is 0 Å². The van der Waals surface area contributed by atoms with E-state index in [4.69, 9.17) is 4.42 Å². The monoisotopic (exact) mass is 316 g/mol. The second kappa shape index (κ2) is 7.00. The number of carbonyl (C=O) groups excluding carboxylic acids is 1. The van der Waals surface area contributed by atoms with Gasteiger partial charge in [0.25, 0.3) is 0 Å². The second-order valence-corrected chi connectivity index (χ2v) is 6.34. The molecule has 1 saturated heterocycles. The normalized spacial score (nSPS) is 18.4.